The van der Waals surface area contributed by atoms with E-state index in [9.17, 15) is 19.6 Å². The number of carbonyl (C=O) groups is 2. The van der Waals surface area contributed by atoms with Crippen molar-refractivity contribution in [1.29, 1.82) is 0 Å². The molecule has 0 bridgehead atoms. The average Bonchev–Trinajstić information content (AvgIpc) is 2.73. The molecule has 0 aliphatic heterocycles. The van der Waals surface area contributed by atoms with Crippen molar-refractivity contribution in [2.75, 3.05) is 7.11 Å². The first-order chi connectivity index (χ1) is 14.3. The van der Waals surface area contributed by atoms with Gasteiger partial charge in [0.15, 0.2) is 0 Å². The van der Waals surface area contributed by atoms with Crippen LogP contribution >= 0.6 is 0 Å². The third-order valence-electron chi connectivity index (χ3n) is 4.66. The van der Waals surface area contributed by atoms with E-state index in [1.807, 2.05) is 19.9 Å². The fourth-order valence-corrected chi connectivity index (χ4v) is 3.16. The molecule has 8 heteroatoms. The first-order valence-corrected chi connectivity index (χ1v) is 9.95. The molecule has 0 saturated heterocycles. The Hall–Kier alpha value is -2.84. The van der Waals surface area contributed by atoms with Crippen LogP contribution in [0.1, 0.15) is 48.7 Å². The molecule has 2 atom stereocenters. The summed E-state index contributed by atoms with van der Waals surface area (Å²) in [6.45, 7) is 3.86. The Labute approximate surface area is 177 Å². The normalized spacial score (nSPS) is 12.7. The minimum Gasteiger partial charge on any atom is -0.497 e. The van der Waals surface area contributed by atoms with Crippen LogP contribution in [0.5, 0.6) is 5.75 Å². The van der Waals surface area contributed by atoms with Crippen LogP contribution in [0.4, 0.5) is 0 Å². The fraction of sp³-hybridized carbons (Fsp3) is 0.364. The van der Waals surface area contributed by atoms with Crippen molar-refractivity contribution in [3.63, 3.8) is 0 Å². The van der Waals surface area contributed by atoms with Crippen molar-refractivity contribution in [2.45, 2.75) is 38.7 Å². The number of nitrogens with one attached hydrogen (secondary N) is 2. The number of hydrogen-bond donors (Lipinski definition) is 4. The molecular formula is C22H29BN2O5. The second-order valence-corrected chi connectivity index (χ2v) is 7.59. The van der Waals surface area contributed by atoms with Gasteiger partial charge in [-0.25, -0.2) is 0 Å². The number of amides is 2. The molecule has 7 nitrogen and oxygen atoms in total. The third-order valence-corrected chi connectivity index (χ3v) is 4.66. The van der Waals surface area contributed by atoms with Crippen molar-refractivity contribution in [2.24, 2.45) is 5.92 Å². The largest absolute Gasteiger partial charge is 0.497 e. The monoisotopic (exact) mass is 412 g/mol. The van der Waals surface area contributed by atoms with Crippen LogP contribution in [0.3, 0.4) is 0 Å². The van der Waals surface area contributed by atoms with Gasteiger partial charge in [-0.15, -0.1) is 0 Å². The molecule has 4 N–H and O–H groups in total. The van der Waals surface area contributed by atoms with Gasteiger partial charge < -0.3 is 25.4 Å². The molecular weight excluding hydrogens is 383 g/mol. The molecule has 0 heterocycles. The number of methoxy groups -OCH3 is 1. The zero-order valence-electron chi connectivity index (χ0n) is 17.5. The predicted octanol–water partition coefficient (Wildman–Crippen LogP) is 2.10. The van der Waals surface area contributed by atoms with Gasteiger partial charge in [-0.05, 0) is 42.2 Å². The lowest BCUT2D eigenvalue weighted by molar-refractivity contribution is -0.122. The minimum absolute atomic E-state index is 0.0624. The van der Waals surface area contributed by atoms with E-state index in [0.29, 0.717) is 23.3 Å². The summed E-state index contributed by atoms with van der Waals surface area (Å²) < 4.78 is 5.26. The summed E-state index contributed by atoms with van der Waals surface area (Å²) >= 11 is 0. The van der Waals surface area contributed by atoms with Crippen LogP contribution in [0.2, 0.25) is 0 Å². The molecule has 2 aromatic rings. The Morgan fingerprint density at radius 1 is 1.03 bits per heavy atom. The lowest BCUT2D eigenvalue weighted by Gasteiger charge is -2.23. The van der Waals surface area contributed by atoms with Crippen molar-refractivity contribution in [3.8, 4) is 5.75 Å². The van der Waals surface area contributed by atoms with E-state index in [1.54, 1.807) is 55.6 Å². The topological polar surface area (TPSA) is 108 Å². The highest BCUT2D eigenvalue weighted by atomic mass is 16.5. The van der Waals surface area contributed by atoms with Crippen LogP contribution < -0.4 is 15.4 Å². The molecule has 0 radical (unpaired) electrons. The summed E-state index contributed by atoms with van der Waals surface area (Å²) in [5.74, 6) is -0.709. The Morgan fingerprint density at radius 2 is 1.73 bits per heavy atom. The highest BCUT2D eigenvalue weighted by Gasteiger charge is 2.28. The van der Waals surface area contributed by atoms with E-state index in [4.69, 9.17) is 4.74 Å². The van der Waals surface area contributed by atoms with E-state index >= 15 is 0 Å². The van der Waals surface area contributed by atoms with Crippen molar-refractivity contribution in [1.82, 2.24) is 10.6 Å². The zero-order valence-corrected chi connectivity index (χ0v) is 17.5. The van der Waals surface area contributed by atoms with Crippen molar-refractivity contribution >= 4 is 18.9 Å². The molecule has 2 amide bonds. The summed E-state index contributed by atoms with van der Waals surface area (Å²) in [6, 6.07) is 15.2. The molecule has 1 unspecified atom stereocenters. The molecule has 0 saturated carbocycles. The molecule has 2 rings (SSSR count). The van der Waals surface area contributed by atoms with E-state index < -0.39 is 25.0 Å². The lowest BCUT2D eigenvalue weighted by Crippen LogP contribution is -2.48. The van der Waals surface area contributed by atoms with Gasteiger partial charge in [0, 0.05) is 5.56 Å². The Morgan fingerprint density at radius 3 is 2.33 bits per heavy atom. The number of carbonyl (C=O) groups excluding carboxylic acids is 2. The van der Waals surface area contributed by atoms with Gasteiger partial charge in [0.25, 0.3) is 5.91 Å². The number of ether oxygens (including phenoxy) is 1. The first kappa shape index (κ1) is 23.4. The molecule has 160 valence electrons. The molecule has 0 spiro atoms. The second kappa shape index (κ2) is 11.4. The quantitative estimate of drug-likeness (QED) is 0.447. The fourth-order valence-electron chi connectivity index (χ4n) is 3.16. The zero-order chi connectivity index (χ0) is 22.1. The van der Waals surface area contributed by atoms with Gasteiger partial charge in [0.2, 0.25) is 5.91 Å². The average molecular weight is 412 g/mol. The van der Waals surface area contributed by atoms with Gasteiger partial charge >= 0.3 is 7.12 Å². The standard InChI is InChI=1S/C22H29BN2O5/c1-15(2)12-20(23(28)29)25-21(26)14-19(17-10-7-11-18(13-17)30-3)24-22(27)16-8-5-4-6-9-16/h4-11,13,15,19-20,28-29H,12,14H2,1-3H3,(H,24,27)(H,25,26)/t19?,20-/m0/s1. The van der Waals surface area contributed by atoms with Crippen molar-refractivity contribution in [3.05, 3.63) is 65.7 Å². The van der Waals surface area contributed by atoms with E-state index in [1.165, 1.54) is 0 Å². The number of benzene rings is 2. The van der Waals surface area contributed by atoms with Gasteiger partial charge in [-0.1, -0.05) is 44.2 Å². The predicted molar refractivity (Wildman–Crippen MR) is 116 cm³/mol. The minimum atomic E-state index is -1.66. The molecule has 30 heavy (non-hydrogen) atoms. The Bertz CT molecular complexity index is 829. The van der Waals surface area contributed by atoms with E-state index in [0.717, 1.165) is 0 Å². The molecule has 0 aliphatic rings. The Balaban J connectivity index is 2.20. The third kappa shape index (κ3) is 7.20. The number of hydrogen-bond acceptors (Lipinski definition) is 5. The lowest BCUT2D eigenvalue weighted by atomic mass is 9.75. The first-order valence-electron chi connectivity index (χ1n) is 9.95. The van der Waals surface area contributed by atoms with E-state index in [-0.39, 0.29) is 18.2 Å². The van der Waals surface area contributed by atoms with Crippen LogP contribution in [0, 0.1) is 5.92 Å². The summed E-state index contributed by atoms with van der Waals surface area (Å²) in [5, 5.41) is 24.7. The molecule has 0 aromatic heterocycles. The SMILES string of the molecule is COc1cccc(C(CC(=O)N[C@@H](CC(C)C)B(O)O)NC(=O)c2ccccc2)c1. The summed E-state index contributed by atoms with van der Waals surface area (Å²) in [4.78, 5) is 25.4. The molecule has 0 fully saturated rings. The highest BCUT2D eigenvalue weighted by molar-refractivity contribution is 6.43. The highest BCUT2D eigenvalue weighted by Crippen LogP contribution is 2.22. The van der Waals surface area contributed by atoms with E-state index in [2.05, 4.69) is 10.6 Å². The van der Waals surface area contributed by atoms with Crippen LogP contribution in [0.25, 0.3) is 0 Å². The Kier molecular flexibility index (Phi) is 8.89. The molecule has 0 aliphatic carbocycles. The van der Waals surface area contributed by atoms with Gasteiger partial charge in [-0.2, -0.15) is 0 Å². The maximum Gasteiger partial charge on any atom is 0.475 e. The maximum atomic E-state index is 12.7. The summed E-state index contributed by atoms with van der Waals surface area (Å²) in [6.07, 6.45) is 0.358. The van der Waals surface area contributed by atoms with Gasteiger partial charge in [-0.3, -0.25) is 9.59 Å². The smallest absolute Gasteiger partial charge is 0.475 e. The summed E-state index contributed by atoms with van der Waals surface area (Å²) in [5.41, 5.74) is 1.19. The van der Waals surface area contributed by atoms with Crippen molar-refractivity contribution < 1.29 is 24.4 Å². The van der Waals surface area contributed by atoms with Crippen LogP contribution in [-0.2, 0) is 4.79 Å². The number of rotatable bonds is 10. The van der Waals surface area contributed by atoms with Crippen LogP contribution in [0.15, 0.2) is 54.6 Å². The maximum absolute atomic E-state index is 12.7. The van der Waals surface area contributed by atoms with Gasteiger partial charge in [0.05, 0.1) is 25.5 Å². The summed E-state index contributed by atoms with van der Waals surface area (Å²) in [7, 11) is -0.117. The van der Waals surface area contributed by atoms with Gasteiger partial charge in [0.1, 0.15) is 5.75 Å². The van der Waals surface area contributed by atoms with Crippen LogP contribution in [-0.4, -0.2) is 42.0 Å². The molecule has 2 aromatic carbocycles. The second-order valence-electron chi connectivity index (χ2n) is 7.59.